The molecule has 0 saturated heterocycles. The number of rotatable bonds is 6. The van der Waals surface area contributed by atoms with E-state index >= 15 is 0 Å². The molecular weight excluding hydrogens is 255 g/mol. The van der Waals surface area contributed by atoms with Crippen LogP contribution in [-0.4, -0.2) is 16.1 Å². The molecule has 2 aromatic rings. The van der Waals surface area contributed by atoms with Gasteiger partial charge in [-0.05, 0) is 41.8 Å². The van der Waals surface area contributed by atoms with Crippen LogP contribution in [0, 0.1) is 5.82 Å². The van der Waals surface area contributed by atoms with Crippen molar-refractivity contribution in [3.05, 3.63) is 65.7 Å². The second kappa shape index (κ2) is 7.12. The molecule has 0 aliphatic rings. The average Bonchev–Trinajstić information content (AvgIpc) is 2.49. The van der Waals surface area contributed by atoms with Crippen molar-refractivity contribution in [1.29, 1.82) is 0 Å². The van der Waals surface area contributed by atoms with Crippen molar-refractivity contribution in [2.75, 3.05) is 0 Å². The molecule has 4 heteroatoms. The highest BCUT2D eigenvalue weighted by atomic mass is 19.1. The van der Waals surface area contributed by atoms with Crippen molar-refractivity contribution < 1.29 is 9.50 Å². The lowest BCUT2D eigenvalue weighted by molar-refractivity contribution is 0.125. The third-order valence-electron chi connectivity index (χ3n) is 3.35. The Morgan fingerprint density at radius 3 is 2.40 bits per heavy atom. The van der Waals surface area contributed by atoms with Gasteiger partial charge in [0.25, 0.3) is 0 Å². The van der Waals surface area contributed by atoms with Crippen LogP contribution in [0.2, 0.25) is 0 Å². The normalized spacial score (nSPS) is 13.9. The SMILES string of the molecule is CCC(NCc1ccncc1)C(O)c1ccc(F)cc1. The molecule has 0 saturated carbocycles. The first-order valence-corrected chi connectivity index (χ1v) is 6.76. The molecule has 1 aromatic carbocycles. The van der Waals surface area contributed by atoms with E-state index in [9.17, 15) is 9.50 Å². The summed E-state index contributed by atoms with van der Waals surface area (Å²) in [7, 11) is 0. The van der Waals surface area contributed by atoms with E-state index in [1.807, 2.05) is 19.1 Å². The Morgan fingerprint density at radius 1 is 1.15 bits per heavy atom. The lowest BCUT2D eigenvalue weighted by Gasteiger charge is -2.23. The van der Waals surface area contributed by atoms with Crippen molar-refractivity contribution in [3.8, 4) is 0 Å². The summed E-state index contributed by atoms with van der Waals surface area (Å²) < 4.78 is 12.9. The van der Waals surface area contributed by atoms with Crippen LogP contribution in [-0.2, 0) is 6.54 Å². The number of aromatic nitrogens is 1. The molecule has 20 heavy (non-hydrogen) atoms. The highest BCUT2D eigenvalue weighted by Crippen LogP contribution is 2.19. The summed E-state index contributed by atoms with van der Waals surface area (Å²) in [4.78, 5) is 3.97. The van der Waals surface area contributed by atoms with E-state index < -0.39 is 6.10 Å². The molecule has 0 amide bonds. The third-order valence-corrected chi connectivity index (χ3v) is 3.35. The standard InChI is InChI=1S/C16H19FN2O/c1-2-15(19-11-12-7-9-18-10-8-12)16(20)13-3-5-14(17)6-4-13/h3-10,15-16,19-20H,2,11H2,1H3. The second-order valence-corrected chi connectivity index (χ2v) is 4.75. The summed E-state index contributed by atoms with van der Waals surface area (Å²) in [5, 5.41) is 13.7. The molecule has 106 valence electrons. The molecule has 2 N–H and O–H groups in total. The van der Waals surface area contributed by atoms with Gasteiger partial charge < -0.3 is 10.4 Å². The Bertz CT molecular complexity index is 516. The number of hydrogen-bond donors (Lipinski definition) is 2. The number of aliphatic hydroxyl groups excluding tert-OH is 1. The summed E-state index contributed by atoms with van der Waals surface area (Å²) in [5.41, 5.74) is 1.84. The molecule has 2 unspecified atom stereocenters. The lowest BCUT2D eigenvalue weighted by atomic mass is 10.00. The molecule has 0 aliphatic carbocycles. The molecule has 1 aromatic heterocycles. The van der Waals surface area contributed by atoms with E-state index in [2.05, 4.69) is 10.3 Å². The predicted molar refractivity (Wildman–Crippen MR) is 76.5 cm³/mol. The number of aliphatic hydroxyl groups is 1. The van der Waals surface area contributed by atoms with Crippen molar-refractivity contribution in [2.24, 2.45) is 0 Å². The molecule has 3 nitrogen and oxygen atoms in total. The molecular formula is C16H19FN2O. The van der Waals surface area contributed by atoms with Crippen LogP contribution in [0.4, 0.5) is 4.39 Å². The number of nitrogens with zero attached hydrogens (tertiary/aromatic N) is 1. The van der Waals surface area contributed by atoms with Crippen LogP contribution in [0.1, 0.15) is 30.6 Å². The molecule has 2 atom stereocenters. The van der Waals surface area contributed by atoms with Gasteiger partial charge in [0.2, 0.25) is 0 Å². The lowest BCUT2D eigenvalue weighted by Crippen LogP contribution is -2.34. The predicted octanol–water partition coefficient (Wildman–Crippen LogP) is 2.82. The zero-order valence-corrected chi connectivity index (χ0v) is 11.5. The molecule has 1 heterocycles. The van der Waals surface area contributed by atoms with Crippen LogP contribution in [0.25, 0.3) is 0 Å². The molecule has 0 bridgehead atoms. The minimum atomic E-state index is -0.651. The summed E-state index contributed by atoms with van der Waals surface area (Å²) in [5.74, 6) is -0.293. The highest BCUT2D eigenvalue weighted by Gasteiger charge is 2.18. The summed E-state index contributed by atoms with van der Waals surface area (Å²) in [6, 6.07) is 9.78. The van der Waals surface area contributed by atoms with Gasteiger partial charge >= 0.3 is 0 Å². The van der Waals surface area contributed by atoms with Gasteiger partial charge in [-0.2, -0.15) is 0 Å². The molecule has 0 radical (unpaired) electrons. The Kier molecular flexibility index (Phi) is 5.21. The maximum Gasteiger partial charge on any atom is 0.123 e. The average molecular weight is 274 g/mol. The van der Waals surface area contributed by atoms with Crippen LogP contribution in [0.15, 0.2) is 48.8 Å². The van der Waals surface area contributed by atoms with E-state index in [0.717, 1.165) is 17.5 Å². The van der Waals surface area contributed by atoms with Crippen LogP contribution >= 0.6 is 0 Å². The number of nitrogens with one attached hydrogen (secondary N) is 1. The number of benzene rings is 1. The number of halogens is 1. The Balaban J connectivity index is 1.98. The molecule has 0 aliphatic heterocycles. The van der Waals surface area contributed by atoms with E-state index in [4.69, 9.17) is 0 Å². The molecule has 0 fully saturated rings. The van der Waals surface area contributed by atoms with E-state index in [-0.39, 0.29) is 11.9 Å². The van der Waals surface area contributed by atoms with Crippen molar-refractivity contribution in [2.45, 2.75) is 32.0 Å². The van der Waals surface area contributed by atoms with Gasteiger partial charge in [0.1, 0.15) is 5.82 Å². The van der Waals surface area contributed by atoms with Crippen molar-refractivity contribution in [3.63, 3.8) is 0 Å². The zero-order valence-electron chi connectivity index (χ0n) is 11.5. The first kappa shape index (κ1) is 14.6. The summed E-state index contributed by atoms with van der Waals surface area (Å²) in [6.45, 7) is 2.68. The summed E-state index contributed by atoms with van der Waals surface area (Å²) in [6.07, 6.45) is 3.62. The minimum Gasteiger partial charge on any atom is -0.387 e. The maximum absolute atomic E-state index is 12.9. The largest absolute Gasteiger partial charge is 0.387 e. The first-order chi connectivity index (χ1) is 9.70. The monoisotopic (exact) mass is 274 g/mol. The van der Waals surface area contributed by atoms with Crippen LogP contribution in [0.3, 0.4) is 0 Å². The first-order valence-electron chi connectivity index (χ1n) is 6.76. The van der Waals surface area contributed by atoms with Gasteiger partial charge in [0.05, 0.1) is 6.10 Å². The van der Waals surface area contributed by atoms with Gasteiger partial charge in [-0.1, -0.05) is 19.1 Å². The van der Waals surface area contributed by atoms with Gasteiger partial charge in [-0.3, -0.25) is 4.98 Å². The zero-order chi connectivity index (χ0) is 14.4. The fourth-order valence-electron chi connectivity index (χ4n) is 2.12. The van der Waals surface area contributed by atoms with E-state index in [1.165, 1.54) is 12.1 Å². The quantitative estimate of drug-likeness (QED) is 0.851. The van der Waals surface area contributed by atoms with E-state index in [1.54, 1.807) is 24.5 Å². The smallest absolute Gasteiger partial charge is 0.123 e. The van der Waals surface area contributed by atoms with Gasteiger partial charge in [-0.25, -0.2) is 4.39 Å². The molecule has 0 spiro atoms. The Hall–Kier alpha value is -1.78. The second-order valence-electron chi connectivity index (χ2n) is 4.75. The Labute approximate surface area is 118 Å². The van der Waals surface area contributed by atoms with Gasteiger partial charge in [0, 0.05) is 25.0 Å². The van der Waals surface area contributed by atoms with Crippen LogP contribution < -0.4 is 5.32 Å². The fourth-order valence-corrected chi connectivity index (χ4v) is 2.12. The van der Waals surface area contributed by atoms with Gasteiger partial charge in [0.15, 0.2) is 0 Å². The third kappa shape index (κ3) is 3.85. The topological polar surface area (TPSA) is 45.2 Å². The Morgan fingerprint density at radius 2 is 1.80 bits per heavy atom. The van der Waals surface area contributed by atoms with Gasteiger partial charge in [-0.15, -0.1) is 0 Å². The number of hydrogen-bond acceptors (Lipinski definition) is 3. The van der Waals surface area contributed by atoms with Crippen LogP contribution in [0.5, 0.6) is 0 Å². The fraction of sp³-hybridized carbons (Fsp3) is 0.312. The van der Waals surface area contributed by atoms with Crippen molar-refractivity contribution in [1.82, 2.24) is 10.3 Å². The highest BCUT2D eigenvalue weighted by molar-refractivity contribution is 5.20. The molecule has 2 rings (SSSR count). The van der Waals surface area contributed by atoms with Crippen molar-refractivity contribution >= 4 is 0 Å². The summed E-state index contributed by atoms with van der Waals surface area (Å²) >= 11 is 0. The maximum atomic E-state index is 12.9. The van der Waals surface area contributed by atoms with E-state index in [0.29, 0.717) is 6.54 Å². The number of pyridine rings is 1. The minimum absolute atomic E-state index is 0.0753.